The third-order valence-corrected chi connectivity index (χ3v) is 2.44. The number of rotatable bonds is 5. The van der Waals surface area contributed by atoms with Gasteiger partial charge in [0, 0.05) is 6.54 Å². The molecule has 0 saturated heterocycles. The maximum absolute atomic E-state index is 13.4. The van der Waals surface area contributed by atoms with Crippen molar-refractivity contribution in [1.82, 2.24) is 5.32 Å². The molecule has 17 heavy (non-hydrogen) atoms. The summed E-state index contributed by atoms with van der Waals surface area (Å²) in [7, 11) is 0. The van der Waals surface area contributed by atoms with Gasteiger partial charge in [0.2, 0.25) is 0 Å². The molecule has 0 unspecified atom stereocenters. The highest BCUT2D eigenvalue weighted by Gasteiger charge is 2.05. The molecule has 4 heteroatoms. The summed E-state index contributed by atoms with van der Waals surface area (Å²) in [5.41, 5.74) is 1.04. The number of hydrogen-bond donors (Lipinski definition) is 2. The molecule has 0 spiro atoms. The first-order chi connectivity index (χ1) is 8.13. The van der Waals surface area contributed by atoms with E-state index in [4.69, 9.17) is 0 Å². The molecule has 0 atom stereocenters. The number of urea groups is 1. The smallest absolute Gasteiger partial charge is 0.319 e. The van der Waals surface area contributed by atoms with Crippen molar-refractivity contribution in [3.8, 4) is 0 Å². The Bertz CT molecular complexity index is 380. The maximum atomic E-state index is 13.4. The van der Waals surface area contributed by atoms with Crippen LogP contribution in [0.1, 0.15) is 31.7 Å². The molecule has 0 aromatic heterocycles. The minimum Gasteiger partial charge on any atom is -0.338 e. The van der Waals surface area contributed by atoms with E-state index in [0.29, 0.717) is 6.54 Å². The summed E-state index contributed by atoms with van der Waals surface area (Å²) in [5, 5.41) is 5.18. The maximum Gasteiger partial charge on any atom is 0.319 e. The zero-order valence-corrected chi connectivity index (χ0v) is 10.3. The molecule has 3 nitrogen and oxygen atoms in total. The van der Waals surface area contributed by atoms with Crippen molar-refractivity contribution in [2.75, 3.05) is 11.9 Å². The Kier molecular flexibility index (Phi) is 5.46. The van der Waals surface area contributed by atoms with Gasteiger partial charge in [0.05, 0.1) is 5.69 Å². The average molecular weight is 238 g/mol. The summed E-state index contributed by atoms with van der Waals surface area (Å²) >= 11 is 0. The molecule has 0 bridgehead atoms. The molecule has 1 rings (SSSR count). The van der Waals surface area contributed by atoms with Gasteiger partial charge in [-0.15, -0.1) is 0 Å². The highest BCUT2D eigenvalue weighted by atomic mass is 19.1. The summed E-state index contributed by atoms with van der Waals surface area (Å²) in [6.07, 6.45) is 3.13. The van der Waals surface area contributed by atoms with E-state index in [2.05, 4.69) is 17.6 Å². The lowest BCUT2D eigenvalue weighted by molar-refractivity contribution is 0.252. The molecule has 2 amide bonds. The monoisotopic (exact) mass is 238 g/mol. The largest absolute Gasteiger partial charge is 0.338 e. The van der Waals surface area contributed by atoms with Crippen LogP contribution in [-0.2, 0) is 0 Å². The SMILES string of the molecule is CCCCCNC(=O)Nc1ccc(C)cc1F. The van der Waals surface area contributed by atoms with Crippen molar-refractivity contribution in [2.45, 2.75) is 33.1 Å². The molecule has 1 aromatic rings. The lowest BCUT2D eigenvalue weighted by atomic mass is 10.2. The van der Waals surface area contributed by atoms with Gasteiger partial charge in [0.1, 0.15) is 5.82 Å². The Morgan fingerprint density at radius 3 is 2.76 bits per heavy atom. The van der Waals surface area contributed by atoms with Gasteiger partial charge < -0.3 is 10.6 Å². The number of amides is 2. The molecule has 0 radical (unpaired) electrons. The fourth-order valence-corrected chi connectivity index (χ4v) is 1.46. The van der Waals surface area contributed by atoms with Crippen molar-refractivity contribution >= 4 is 11.7 Å². The number of nitrogens with one attached hydrogen (secondary N) is 2. The zero-order valence-electron chi connectivity index (χ0n) is 10.3. The summed E-state index contributed by atoms with van der Waals surface area (Å²) in [6, 6.07) is 4.36. The predicted molar refractivity (Wildman–Crippen MR) is 67.7 cm³/mol. The van der Waals surface area contributed by atoms with Crippen LogP contribution in [0.3, 0.4) is 0 Å². The summed E-state index contributed by atoms with van der Waals surface area (Å²) in [4.78, 5) is 11.4. The van der Waals surface area contributed by atoms with Crippen LogP contribution in [0.15, 0.2) is 18.2 Å². The van der Waals surface area contributed by atoms with Gasteiger partial charge in [0.25, 0.3) is 0 Å². The molecule has 2 N–H and O–H groups in total. The minimum atomic E-state index is -0.409. The van der Waals surface area contributed by atoms with Crippen LogP contribution < -0.4 is 10.6 Å². The van der Waals surface area contributed by atoms with Gasteiger partial charge in [-0.05, 0) is 31.0 Å². The highest BCUT2D eigenvalue weighted by Crippen LogP contribution is 2.14. The van der Waals surface area contributed by atoms with Crippen molar-refractivity contribution in [3.63, 3.8) is 0 Å². The Balaban J connectivity index is 2.40. The third-order valence-electron chi connectivity index (χ3n) is 2.44. The van der Waals surface area contributed by atoms with Crippen molar-refractivity contribution < 1.29 is 9.18 Å². The van der Waals surface area contributed by atoms with Crippen molar-refractivity contribution in [1.29, 1.82) is 0 Å². The molecule has 0 aliphatic carbocycles. The first-order valence-corrected chi connectivity index (χ1v) is 5.94. The standard InChI is InChI=1S/C13H19FN2O/c1-3-4-5-8-15-13(17)16-12-7-6-10(2)9-11(12)14/h6-7,9H,3-5,8H2,1-2H3,(H2,15,16,17). The quantitative estimate of drug-likeness (QED) is 0.758. The zero-order chi connectivity index (χ0) is 12.7. The average Bonchev–Trinajstić information content (AvgIpc) is 2.28. The third kappa shape index (κ3) is 4.85. The number of unbranched alkanes of at least 4 members (excludes halogenated alkanes) is 2. The number of carbonyl (C=O) groups excluding carboxylic acids is 1. The van der Waals surface area contributed by atoms with Crippen LogP contribution in [0, 0.1) is 12.7 Å². The number of benzene rings is 1. The number of hydrogen-bond acceptors (Lipinski definition) is 1. The van der Waals surface area contributed by atoms with E-state index in [9.17, 15) is 9.18 Å². The van der Waals surface area contributed by atoms with Gasteiger partial charge in [-0.3, -0.25) is 0 Å². The lowest BCUT2D eigenvalue weighted by Crippen LogP contribution is -2.29. The Labute approximate surface area is 101 Å². The Morgan fingerprint density at radius 1 is 1.35 bits per heavy atom. The van der Waals surface area contributed by atoms with Gasteiger partial charge >= 0.3 is 6.03 Å². The second-order valence-electron chi connectivity index (χ2n) is 4.07. The van der Waals surface area contributed by atoms with E-state index in [0.717, 1.165) is 24.8 Å². The van der Waals surface area contributed by atoms with E-state index in [-0.39, 0.29) is 11.7 Å². The minimum absolute atomic E-state index is 0.212. The number of halogens is 1. The van der Waals surface area contributed by atoms with Crippen LogP contribution in [0.25, 0.3) is 0 Å². The summed E-state index contributed by atoms with van der Waals surface area (Å²) in [6.45, 7) is 4.52. The van der Waals surface area contributed by atoms with E-state index < -0.39 is 5.82 Å². The van der Waals surface area contributed by atoms with Gasteiger partial charge in [0.15, 0.2) is 0 Å². The first kappa shape index (κ1) is 13.5. The molecule has 0 fully saturated rings. The fourth-order valence-electron chi connectivity index (χ4n) is 1.46. The lowest BCUT2D eigenvalue weighted by Gasteiger charge is -2.08. The predicted octanol–water partition coefficient (Wildman–Crippen LogP) is 3.45. The highest BCUT2D eigenvalue weighted by molar-refractivity contribution is 5.89. The van der Waals surface area contributed by atoms with Crippen LogP contribution >= 0.6 is 0 Å². The molecule has 0 aliphatic heterocycles. The summed E-state index contributed by atoms with van der Waals surface area (Å²) in [5.74, 6) is -0.409. The van der Waals surface area contributed by atoms with Gasteiger partial charge in [-0.1, -0.05) is 25.8 Å². The van der Waals surface area contributed by atoms with Crippen LogP contribution in [0.4, 0.5) is 14.9 Å². The second kappa shape index (κ2) is 6.89. The van der Waals surface area contributed by atoms with Crippen LogP contribution in [-0.4, -0.2) is 12.6 Å². The molecule has 94 valence electrons. The van der Waals surface area contributed by atoms with E-state index in [1.807, 2.05) is 0 Å². The van der Waals surface area contributed by atoms with Crippen LogP contribution in [0.2, 0.25) is 0 Å². The van der Waals surface area contributed by atoms with Gasteiger partial charge in [-0.2, -0.15) is 0 Å². The van der Waals surface area contributed by atoms with Crippen molar-refractivity contribution in [3.05, 3.63) is 29.6 Å². The molecule has 0 heterocycles. The molecule has 0 aliphatic rings. The molecule has 0 saturated carbocycles. The summed E-state index contributed by atoms with van der Waals surface area (Å²) < 4.78 is 13.4. The fraction of sp³-hybridized carbons (Fsp3) is 0.462. The molecule has 1 aromatic carbocycles. The van der Waals surface area contributed by atoms with Crippen molar-refractivity contribution in [2.24, 2.45) is 0 Å². The first-order valence-electron chi connectivity index (χ1n) is 5.94. The number of carbonyl (C=O) groups is 1. The van der Waals surface area contributed by atoms with E-state index >= 15 is 0 Å². The molecular formula is C13H19FN2O. The Morgan fingerprint density at radius 2 is 2.12 bits per heavy atom. The topological polar surface area (TPSA) is 41.1 Å². The molecular weight excluding hydrogens is 219 g/mol. The second-order valence-corrected chi connectivity index (χ2v) is 4.07. The number of aryl methyl sites for hydroxylation is 1. The Hall–Kier alpha value is -1.58. The van der Waals surface area contributed by atoms with Gasteiger partial charge in [-0.25, -0.2) is 9.18 Å². The van der Waals surface area contributed by atoms with E-state index in [1.165, 1.54) is 6.07 Å². The van der Waals surface area contributed by atoms with Crippen LogP contribution in [0.5, 0.6) is 0 Å². The van der Waals surface area contributed by atoms with E-state index in [1.54, 1.807) is 19.1 Å². The number of anilines is 1. The normalized spacial score (nSPS) is 10.1.